The lowest BCUT2D eigenvalue weighted by Gasteiger charge is -2.09. The van der Waals surface area contributed by atoms with E-state index in [4.69, 9.17) is 10.5 Å². The zero-order chi connectivity index (χ0) is 13.7. The summed E-state index contributed by atoms with van der Waals surface area (Å²) in [4.78, 5) is 10.1. The van der Waals surface area contributed by atoms with Gasteiger partial charge in [-0.15, -0.1) is 0 Å². The van der Waals surface area contributed by atoms with E-state index < -0.39 is 16.4 Å². The van der Waals surface area contributed by atoms with Crippen LogP contribution < -0.4 is 10.5 Å². The van der Waals surface area contributed by atoms with Crippen LogP contribution in [0.1, 0.15) is 12.5 Å². The third kappa shape index (κ3) is 3.64. The molecule has 0 bridgehead atoms. The Kier molecular flexibility index (Phi) is 4.99. The molecule has 18 heavy (non-hydrogen) atoms. The van der Waals surface area contributed by atoms with Crippen LogP contribution in [0.2, 0.25) is 0 Å². The second kappa shape index (κ2) is 6.27. The van der Waals surface area contributed by atoms with E-state index in [1.165, 1.54) is 13.2 Å². The Balaban J connectivity index is 2.91. The predicted octanol–water partition coefficient (Wildman–Crippen LogP) is 1.61. The fraction of sp³-hybridized carbons (Fsp3) is 0.455. The molecule has 0 aromatic heterocycles. The Morgan fingerprint density at radius 3 is 2.72 bits per heavy atom. The van der Waals surface area contributed by atoms with Crippen LogP contribution >= 0.6 is 0 Å². The number of halogens is 1. The molecule has 0 aliphatic heterocycles. The van der Waals surface area contributed by atoms with Crippen LogP contribution in [0, 0.1) is 15.9 Å². The topological polar surface area (TPSA) is 87.6 Å². The molecule has 0 amide bonds. The number of ether oxygens (including phenoxy) is 2. The predicted molar refractivity (Wildman–Crippen MR) is 62.9 cm³/mol. The molecule has 0 radical (unpaired) electrons. The van der Waals surface area contributed by atoms with Gasteiger partial charge in [-0.2, -0.15) is 0 Å². The molecule has 0 saturated carbocycles. The van der Waals surface area contributed by atoms with Crippen molar-refractivity contribution in [2.75, 3.05) is 13.7 Å². The molecular formula is C11H15FN2O4. The summed E-state index contributed by atoms with van der Waals surface area (Å²) in [6.07, 6.45) is 0. The van der Waals surface area contributed by atoms with Crippen molar-refractivity contribution in [1.29, 1.82) is 0 Å². The van der Waals surface area contributed by atoms with Crippen LogP contribution in [-0.4, -0.2) is 24.7 Å². The van der Waals surface area contributed by atoms with Gasteiger partial charge in [-0.05, 0) is 18.6 Å². The highest BCUT2D eigenvalue weighted by atomic mass is 19.1. The lowest BCUT2D eigenvalue weighted by Crippen LogP contribution is -2.21. The minimum Gasteiger partial charge on any atom is -0.488 e. The molecule has 1 atom stereocenters. The number of nitro groups is 1. The number of hydrogen-bond donors (Lipinski definition) is 1. The number of nitro benzene ring substituents is 1. The largest absolute Gasteiger partial charge is 0.488 e. The van der Waals surface area contributed by atoms with Gasteiger partial charge in [-0.1, -0.05) is 0 Å². The second-order valence-electron chi connectivity index (χ2n) is 3.88. The van der Waals surface area contributed by atoms with E-state index in [0.717, 1.165) is 6.07 Å². The molecule has 0 fully saturated rings. The molecule has 6 nitrogen and oxygen atoms in total. The summed E-state index contributed by atoms with van der Waals surface area (Å²) in [5, 5.41) is 10.8. The Bertz CT molecular complexity index is 437. The van der Waals surface area contributed by atoms with E-state index >= 15 is 0 Å². The summed E-state index contributed by atoms with van der Waals surface area (Å²) >= 11 is 0. The number of nitrogens with zero attached hydrogens (tertiary/aromatic N) is 1. The van der Waals surface area contributed by atoms with Gasteiger partial charge in [0.1, 0.15) is 0 Å². The normalized spacial score (nSPS) is 12.2. The number of methoxy groups -OCH3 is 1. The molecule has 1 aromatic rings. The van der Waals surface area contributed by atoms with Gasteiger partial charge in [0.15, 0.2) is 5.82 Å². The molecule has 0 heterocycles. The highest BCUT2D eigenvalue weighted by Crippen LogP contribution is 2.31. The van der Waals surface area contributed by atoms with Crippen molar-refractivity contribution in [1.82, 2.24) is 0 Å². The van der Waals surface area contributed by atoms with Crippen LogP contribution in [0.3, 0.4) is 0 Å². The minimum atomic E-state index is -0.786. The summed E-state index contributed by atoms with van der Waals surface area (Å²) in [6, 6.07) is 2.22. The molecule has 0 aliphatic carbocycles. The van der Waals surface area contributed by atoms with Gasteiger partial charge < -0.3 is 15.2 Å². The Morgan fingerprint density at radius 1 is 1.56 bits per heavy atom. The van der Waals surface area contributed by atoms with E-state index in [2.05, 4.69) is 4.74 Å². The molecule has 1 aromatic carbocycles. The molecular weight excluding hydrogens is 243 g/mol. The van der Waals surface area contributed by atoms with Crippen molar-refractivity contribution < 1.29 is 18.8 Å². The number of nitrogens with two attached hydrogens (primary N) is 1. The minimum absolute atomic E-state index is 0.0588. The Labute approximate surface area is 104 Å². The van der Waals surface area contributed by atoms with Gasteiger partial charge in [0, 0.05) is 12.1 Å². The van der Waals surface area contributed by atoms with Crippen molar-refractivity contribution in [2.24, 2.45) is 5.73 Å². The van der Waals surface area contributed by atoms with Gasteiger partial charge in [-0.3, -0.25) is 10.1 Å². The average Bonchev–Trinajstić information content (AvgIpc) is 2.27. The first-order valence-electron chi connectivity index (χ1n) is 5.29. The Morgan fingerprint density at radius 2 is 2.22 bits per heavy atom. The van der Waals surface area contributed by atoms with Crippen LogP contribution in [0.25, 0.3) is 0 Å². The molecule has 1 rings (SSSR count). The summed E-state index contributed by atoms with van der Waals surface area (Å²) in [5.74, 6) is -1.16. The first-order chi connectivity index (χ1) is 8.45. The van der Waals surface area contributed by atoms with Crippen molar-refractivity contribution >= 4 is 5.69 Å². The summed E-state index contributed by atoms with van der Waals surface area (Å²) < 4.78 is 23.4. The van der Waals surface area contributed by atoms with Gasteiger partial charge >= 0.3 is 5.69 Å². The van der Waals surface area contributed by atoms with Crippen LogP contribution in [0.15, 0.2) is 12.1 Å². The molecule has 2 N–H and O–H groups in total. The smallest absolute Gasteiger partial charge is 0.314 e. The summed E-state index contributed by atoms with van der Waals surface area (Å²) in [7, 11) is 1.18. The lowest BCUT2D eigenvalue weighted by atomic mass is 10.2. The lowest BCUT2D eigenvalue weighted by molar-refractivity contribution is -0.386. The SMILES string of the molecule is COc1c(F)cc(COCC(C)N)cc1[N+](=O)[O-]. The summed E-state index contributed by atoms with van der Waals surface area (Å²) in [5.41, 5.74) is 5.43. The van der Waals surface area contributed by atoms with Gasteiger partial charge in [0.2, 0.25) is 5.75 Å². The van der Waals surface area contributed by atoms with Crippen molar-refractivity contribution in [3.8, 4) is 5.75 Å². The highest BCUT2D eigenvalue weighted by Gasteiger charge is 2.20. The monoisotopic (exact) mass is 258 g/mol. The first kappa shape index (κ1) is 14.3. The maximum Gasteiger partial charge on any atom is 0.314 e. The van der Waals surface area contributed by atoms with Gasteiger partial charge in [0.05, 0.1) is 25.2 Å². The zero-order valence-corrected chi connectivity index (χ0v) is 10.2. The van der Waals surface area contributed by atoms with E-state index in [9.17, 15) is 14.5 Å². The fourth-order valence-electron chi connectivity index (χ4n) is 1.42. The zero-order valence-electron chi connectivity index (χ0n) is 10.2. The summed E-state index contributed by atoms with van der Waals surface area (Å²) in [6.45, 7) is 2.11. The van der Waals surface area contributed by atoms with Gasteiger partial charge in [0.25, 0.3) is 0 Å². The van der Waals surface area contributed by atoms with Crippen LogP contribution in [0.4, 0.5) is 10.1 Å². The van der Waals surface area contributed by atoms with E-state index in [1.54, 1.807) is 6.92 Å². The van der Waals surface area contributed by atoms with E-state index in [-0.39, 0.29) is 18.4 Å². The highest BCUT2D eigenvalue weighted by molar-refractivity contribution is 5.49. The molecule has 0 saturated heterocycles. The van der Waals surface area contributed by atoms with Crippen LogP contribution in [0.5, 0.6) is 5.75 Å². The standard InChI is InChI=1S/C11H15FN2O4/c1-7(13)5-18-6-8-3-9(12)11(17-2)10(4-8)14(15)16/h3-4,7H,5-6,13H2,1-2H3. The van der Waals surface area contributed by atoms with E-state index in [0.29, 0.717) is 12.2 Å². The molecule has 100 valence electrons. The second-order valence-corrected chi connectivity index (χ2v) is 3.88. The molecule has 1 unspecified atom stereocenters. The molecule has 0 aliphatic rings. The van der Waals surface area contributed by atoms with Crippen molar-refractivity contribution in [3.63, 3.8) is 0 Å². The van der Waals surface area contributed by atoms with E-state index in [1.807, 2.05) is 0 Å². The molecule has 0 spiro atoms. The first-order valence-corrected chi connectivity index (χ1v) is 5.29. The van der Waals surface area contributed by atoms with Crippen LogP contribution in [-0.2, 0) is 11.3 Å². The van der Waals surface area contributed by atoms with Gasteiger partial charge in [-0.25, -0.2) is 4.39 Å². The maximum absolute atomic E-state index is 13.5. The Hall–Kier alpha value is -1.73. The maximum atomic E-state index is 13.5. The number of benzene rings is 1. The molecule has 7 heteroatoms. The third-order valence-corrected chi connectivity index (χ3v) is 2.13. The third-order valence-electron chi connectivity index (χ3n) is 2.13. The number of hydrogen-bond acceptors (Lipinski definition) is 5. The average molecular weight is 258 g/mol. The van der Waals surface area contributed by atoms with Crippen molar-refractivity contribution in [2.45, 2.75) is 19.6 Å². The quantitative estimate of drug-likeness (QED) is 0.618. The number of rotatable bonds is 6. The fourth-order valence-corrected chi connectivity index (χ4v) is 1.42. The van der Waals surface area contributed by atoms with Crippen molar-refractivity contribution in [3.05, 3.63) is 33.6 Å².